The number of unbranched alkanes of at least 4 members (excludes halogenated alkanes) is 27. The van der Waals surface area contributed by atoms with Crippen LogP contribution in [-0.2, 0) is 19.3 Å². The Kier molecular flexibility index (Phi) is 26.8. The number of halogens is 1. The number of rotatable bonds is 35. The molecule has 0 aliphatic rings. The van der Waals surface area contributed by atoms with Crippen molar-refractivity contribution in [1.29, 1.82) is 0 Å². The number of aromatic nitrogens is 1. The molecule has 0 saturated heterocycles. The van der Waals surface area contributed by atoms with Gasteiger partial charge in [-0.25, -0.2) is 4.98 Å². The second-order valence-electron chi connectivity index (χ2n) is 15.8. The summed E-state index contributed by atoms with van der Waals surface area (Å²) in [5, 5.41) is 3.49. The van der Waals surface area contributed by atoms with E-state index in [-0.39, 0.29) is 0 Å². The molecular formula is C47H78ClNS3. The van der Waals surface area contributed by atoms with Gasteiger partial charge in [-0.1, -0.05) is 206 Å². The summed E-state index contributed by atoms with van der Waals surface area (Å²) in [6.45, 7) is 6.91. The van der Waals surface area contributed by atoms with Crippen LogP contribution in [0, 0.1) is 0 Å². The van der Waals surface area contributed by atoms with Crippen LogP contribution < -0.4 is 0 Å². The summed E-state index contributed by atoms with van der Waals surface area (Å²) in [6.07, 6.45) is 44.8. The third-order valence-electron chi connectivity index (χ3n) is 11.0. The van der Waals surface area contributed by atoms with E-state index in [0.29, 0.717) is 0 Å². The fourth-order valence-corrected chi connectivity index (χ4v) is 11.3. The van der Waals surface area contributed by atoms with E-state index >= 15 is 0 Å². The highest BCUT2D eigenvalue weighted by Crippen LogP contribution is 2.45. The average molecular weight is 789 g/mol. The van der Waals surface area contributed by atoms with Crippen molar-refractivity contribution in [2.24, 2.45) is 0 Å². The lowest BCUT2D eigenvalue weighted by Gasteiger charge is -2.04. The number of aryl methyl sites for hydroxylation is 3. The predicted octanol–water partition coefficient (Wildman–Crippen LogP) is 18.6. The Morgan fingerprint density at radius 1 is 0.462 bits per heavy atom. The smallest absolute Gasteiger partial charge is 0.135 e. The first-order valence-corrected chi connectivity index (χ1v) is 25.4. The number of thiophene rings is 2. The average Bonchev–Trinajstić information content (AvgIpc) is 3.89. The van der Waals surface area contributed by atoms with Crippen molar-refractivity contribution < 1.29 is 0 Å². The Bertz CT molecular complexity index is 1260. The molecular weight excluding hydrogens is 710 g/mol. The SMILES string of the molecule is CCCCCCCCCCCCc1ccsc1-c1cc(CCCCCCCCCCCC)c(-c2nc(CCCCCCCCCCCC)c(Cl)s2)s1. The lowest BCUT2D eigenvalue weighted by Crippen LogP contribution is -1.90. The highest BCUT2D eigenvalue weighted by molar-refractivity contribution is 7.27. The minimum Gasteiger partial charge on any atom is -0.239 e. The zero-order valence-corrected chi connectivity index (χ0v) is 37.3. The van der Waals surface area contributed by atoms with Gasteiger partial charge in [-0.15, -0.1) is 34.0 Å². The molecule has 296 valence electrons. The van der Waals surface area contributed by atoms with E-state index in [1.807, 2.05) is 22.7 Å². The van der Waals surface area contributed by atoms with Gasteiger partial charge in [0, 0.05) is 9.75 Å². The van der Waals surface area contributed by atoms with Gasteiger partial charge in [-0.2, -0.15) is 0 Å². The highest BCUT2D eigenvalue weighted by atomic mass is 35.5. The van der Waals surface area contributed by atoms with E-state index in [0.717, 1.165) is 22.9 Å². The van der Waals surface area contributed by atoms with Crippen molar-refractivity contribution in [2.45, 2.75) is 233 Å². The molecule has 0 amide bonds. The Labute approximate surface area is 339 Å². The van der Waals surface area contributed by atoms with E-state index in [1.165, 1.54) is 224 Å². The molecule has 5 heteroatoms. The van der Waals surface area contributed by atoms with Crippen LogP contribution in [0.25, 0.3) is 19.6 Å². The molecule has 0 saturated carbocycles. The molecule has 0 fully saturated rings. The van der Waals surface area contributed by atoms with Crippen LogP contribution in [0.15, 0.2) is 17.5 Å². The zero-order chi connectivity index (χ0) is 36.9. The van der Waals surface area contributed by atoms with Crippen molar-refractivity contribution >= 4 is 45.6 Å². The second kappa shape index (κ2) is 30.5. The fraction of sp³-hybridized carbons (Fsp3) is 0.766. The summed E-state index contributed by atoms with van der Waals surface area (Å²) < 4.78 is 0.920. The summed E-state index contributed by atoms with van der Waals surface area (Å²) in [5.74, 6) is 0. The van der Waals surface area contributed by atoms with E-state index in [4.69, 9.17) is 16.6 Å². The van der Waals surface area contributed by atoms with Gasteiger partial charge in [0.05, 0.1) is 10.6 Å². The van der Waals surface area contributed by atoms with Crippen LogP contribution >= 0.6 is 45.6 Å². The molecule has 3 rings (SSSR count). The van der Waals surface area contributed by atoms with Crippen molar-refractivity contribution in [3.8, 4) is 19.6 Å². The largest absolute Gasteiger partial charge is 0.239 e. The zero-order valence-electron chi connectivity index (χ0n) is 34.1. The fourth-order valence-electron chi connectivity index (χ4n) is 7.63. The molecule has 0 bridgehead atoms. The first kappa shape index (κ1) is 45.7. The maximum Gasteiger partial charge on any atom is 0.135 e. The Morgan fingerprint density at radius 2 is 0.865 bits per heavy atom. The van der Waals surface area contributed by atoms with Crippen molar-refractivity contribution in [1.82, 2.24) is 4.98 Å². The summed E-state index contributed by atoms with van der Waals surface area (Å²) in [4.78, 5) is 9.59. The van der Waals surface area contributed by atoms with Gasteiger partial charge in [0.15, 0.2) is 0 Å². The molecule has 0 aliphatic heterocycles. The molecule has 3 aromatic heterocycles. The summed E-state index contributed by atoms with van der Waals surface area (Å²) in [6, 6.07) is 4.94. The second-order valence-corrected chi connectivity index (χ2v) is 19.3. The van der Waals surface area contributed by atoms with Crippen LogP contribution in [0.4, 0.5) is 0 Å². The van der Waals surface area contributed by atoms with Crippen LogP contribution in [0.2, 0.25) is 4.34 Å². The maximum atomic E-state index is 6.91. The van der Waals surface area contributed by atoms with Crippen LogP contribution in [0.1, 0.15) is 230 Å². The molecule has 0 atom stereocenters. The minimum absolute atomic E-state index is 0.920. The summed E-state index contributed by atoms with van der Waals surface area (Å²) in [7, 11) is 0. The topological polar surface area (TPSA) is 12.9 Å². The Balaban J connectivity index is 1.55. The van der Waals surface area contributed by atoms with Gasteiger partial charge in [-0.05, 0) is 67.2 Å². The monoisotopic (exact) mass is 787 g/mol. The number of hydrogen-bond acceptors (Lipinski definition) is 4. The van der Waals surface area contributed by atoms with Gasteiger partial charge < -0.3 is 0 Å². The maximum absolute atomic E-state index is 6.91. The third kappa shape index (κ3) is 19.3. The molecule has 0 N–H and O–H groups in total. The molecule has 3 heterocycles. The van der Waals surface area contributed by atoms with E-state index in [1.54, 1.807) is 16.9 Å². The lowest BCUT2D eigenvalue weighted by molar-refractivity contribution is 0.555. The van der Waals surface area contributed by atoms with Gasteiger partial charge in [0.2, 0.25) is 0 Å². The number of nitrogens with zero attached hydrogens (tertiary/aromatic N) is 1. The minimum atomic E-state index is 0.920. The molecule has 3 aromatic rings. The first-order valence-electron chi connectivity index (χ1n) is 22.5. The number of hydrogen-bond donors (Lipinski definition) is 0. The van der Waals surface area contributed by atoms with E-state index in [9.17, 15) is 0 Å². The third-order valence-corrected chi connectivity index (χ3v) is 14.8. The summed E-state index contributed by atoms with van der Waals surface area (Å²) >= 11 is 12.6. The van der Waals surface area contributed by atoms with Crippen LogP contribution in [-0.4, -0.2) is 4.98 Å². The summed E-state index contributed by atoms with van der Waals surface area (Å²) in [5.41, 5.74) is 4.20. The quantitative estimate of drug-likeness (QED) is 0.0541. The normalized spacial score (nSPS) is 11.7. The number of thiazole rings is 1. The molecule has 0 aromatic carbocycles. The van der Waals surface area contributed by atoms with Crippen molar-refractivity contribution in [3.05, 3.63) is 38.7 Å². The lowest BCUT2D eigenvalue weighted by atomic mass is 10.0. The molecule has 0 aliphatic carbocycles. The van der Waals surface area contributed by atoms with Gasteiger partial charge in [0.1, 0.15) is 9.34 Å². The molecule has 0 unspecified atom stereocenters. The Morgan fingerprint density at radius 3 is 1.33 bits per heavy atom. The van der Waals surface area contributed by atoms with Gasteiger partial charge in [-0.3, -0.25) is 0 Å². The Hall–Kier alpha value is -0.680. The van der Waals surface area contributed by atoms with Gasteiger partial charge >= 0.3 is 0 Å². The van der Waals surface area contributed by atoms with E-state index in [2.05, 4.69) is 38.3 Å². The molecule has 1 nitrogen and oxygen atoms in total. The molecule has 52 heavy (non-hydrogen) atoms. The van der Waals surface area contributed by atoms with Crippen molar-refractivity contribution in [2.75, 3.05) is 0 Å². The first-order chi connectivity index (χ1) is 25.7. The van der Waals surface area contributed by atoms with Crippen LogP contribution in [0.5, 0.6) is 0 Å². The molecule has 0 radical (unpaired) electrons. The highest BCUT2D eigenvalue weighted by Gasteiger charge is 2.20. The van der Waals surface area contributed by atoms with Crippen LogP contribution in [0.3, 0.4) is 0 Å². The van der Waals surface area contributed by atoms with Gasteiger partial charge in [0.25, 0.3) is 0 Å². The predicted molar refractivity (Wildman–Crippen MR) is 240 cm³/mol. The van der Waals surface area contributed by atoms with E-state index < -0.39 is 0 Å². The standard InChI is InChI=1S/C47H78ClNS3/c1-4-7-10-13-16-19-22-25-28-31-34-40-37-38-50-44(40)43-39-41(35-32-29-26-23-20-17-14-11-8-5-2)45(51-43)47-49-42(46(48)52-47)36-33-30-27-24-21-18-15-12-9-6-3/h37-39H,4-36H2,1-3H3. The molecule has 0 spiro atoms. The van der Waals surface area contributed by atoms with Crippen molar-refractivity contribution in [3.63, 3.8) is 0 Å².